The Bertz CT molecular complexity index is 872. The predicted octanol–water partition coefficient (Wildman–Crippen LogP) is 3.55. The molecule has 7 heteroatoms. The number of rotatable bonds is 5. The minimum atomic E-state index is -3.57. The average Bonchev–Trinajstić information content (AvgIpc) is 3.16. The van der Waals surface area contributed by atoms with E-state index in [0.29, 0.717) is 16.3 Å². The smallest absolute Gasteiger partial charge is 0.271 e. The maximum atomic E-state index is 12.5. The van der Waals surface area contributed by atoms with Crippen molar-refractivity contribution >= 4 is 38.6 Å². The quantitative estimate of drug-likeness (QED) is 0.882. The molecule has 1 amide bonds. The van der Waals surface area contributed by atoms with Crippen molar-refractivity contribution < 1.29 is 13.2 Å². The van der Waals surface area contributed by atoms with Crippen molar-refractivity contribution in [3.05, 3.63) is 40.8 Å². The summed E-state index contributed by atoms with van der Waals surface area (Å²) in [5.74, 6) is 0.122. The second-order valence-electron chi connectivity index (χ2n) is 5.83. The van der Waals surface area contributed by atoms with Gasteiger partial charge in [0.1, 0.15) is 4.21 Å². The van der Waals surface area contributed by atoms with Gasteiger partial charge in [0.05, 0.1) is 0 Å². The molecule has 1 aliphatic rings. The first-order valence-electron chi connectivity index (χ1n) is 7.93. The number of aryl methyl sites for hydroxylation is 2. The molecule has 1 saturated heterocycles. The van der Waals surface area contributed by atoms with Gasteiger partial charge in [0.15, 0.2) is 0 Å². The van der Waals surface area contributed by atoms with E-state index in [0.717, 1.165) is 35.5 Å². The van der Waals surface area contributed by atoms with Gasteiger partial charge in [0.25, 0.3) is 10.0 Å². The molecule has 2 aromatic rings. The first kappa shape index (κ1) is 17.0. The van der Waals surface area contributed by atoms with Gasteiger partial charge < -0.3 is 4.90 Å². The Labute approximate surface area is 146 Å². The van der Waals surface area contributed by atoms with Crippen LogP contribution in [0.1, 0.15) is 30.2 Å². The van der Waals surface area contributed by atoms with Crippen molar-refractivity contribution in [1.82, 2.24) is 0 Å². The predicted molar refractivity (Wildman–Crippen MR) is 97.3 cm³/mol. The highest BCUT2D eigenvalue weighted by atomic mass is 32.2. The molecular weight excluding hydrogens is 344 g/mol. The maximum absolute atomic E-state index is 12.5. The van der Waals surface area contributed by atoms with Crippen LogP contribution < -0.4 is 9.62 Å². The third-order valence-corrected chi connectivity index (χ3v) is 7.17. The minimum absolute atomic E-state index is 0.122. The van der Waals surface area contributed by atoms with Crippen molar-refractivity contribution in [2.45, 2.75) is 37.3 Å². The molecule has 0 aliphatic carbocycles. The Morgan fingerprint density at radius 1 is 1.25 bits per heavy atom. The fourth-order valence-electron chi connectivity index (χ4n) is 2.82. The first-order valence-corrected chi connectivity index (χ1v) is 10.2. The fourth-order valence-corrected chi connectivity index (χ4v) is 5.17. The summed E-state index contributed by atoms with van der Waals surface area (Å²) in [5, 5.41) is 0. The third kappa shape index (κ3) is 3.32. The lowest BCUT2D eigenvalue weighted by Crippen LogP contribution is -2.24. The van der Waals surface area contributed by atoms with Gasteiger partial charge in [0, 0.05) is 29.2 Å². The van der Waals surface area contributed by atoms with E-state index in [1.54, 1.807) is 23.1 Å². The molecule has 1 aromatic carbocycles. The molecule has 3 rings (SSSR count). The number of nitrogens with one attached hydrogen (secondary N) is 1. The van der Waals surface area contributed by atoms with E-state index < -0.39 is 10.0 Å². The summed E-state index contributed by atoms with van der Waals surface area (Å²) in [6.45, 7) is 4.61. The molecule has 1 fully saturated rings. The zero-order valence-electron chi connectivity index (χ0n) is 13.7. The fraction of sp³-hybridized carbons (Fsp3) is 0.353. The summed E-state index contributed by atoms with van der Waals surface area (Å²) in [7, 11) is -3.57. The van der Waals surface area contributed by atoms with E-state index in [9.17, 15) is 13.2 Å². The van der Waals surface area contributed by atoms with E-state index >= 15 is 0 Å². The highest BCUT2D eigenvalue weighted by Crippen LogP contribution is 2.29. The molecule has 0 atom stereocenters. The molecule has 0 bridgehead atoms. The number of amides is 1. The van der Waals surface area contributed by atoms with Gasteiger partial charge in [-0.2, -0.15) is 0 Å². The van der Waals surface area contributed by atoms with Crippen molar-refractivity contribution in [2.75, 3.05) is 16.2 Å². The number of nitrogens with zero attached hydrogens (tertiary/aromatic N) is 1. The number of carbonyl (C=O) groups excluding carboxylic acids is 1. The van der Waals surface area contributed by atoms with Crippen molar-refractivity contribution in [1.29, 1.82) is 0 Å². The van der Waals surface area contributed by atoms with E-state index in [-0.39, 0.29) is 5.91 Å². The topological polar surface area (TPSA) is 66.5 Å². The average molecular weight is 364 g/mol. The molecular formula is C17H20N2O3S2. The minimum Gasteiger partial charge on any atom is -0.312 e. The number of hydrogen-bond donors (Lipinski definition) is 1. The summed E-state index contributed by atoms with van der Waals surface area (Å²) in [5.41, 5.74) is 2.24. The summed E-state index contributed by atoms with van der Waals surface area (Å²) >= 11 is 1.28. The zero-order valence-corrected chi connectivity index (χ0v) is 15.3. The van der Waals surface area contributed by atoms with E-state index in [4.69, 9.17) is 0 Å². The van der Waals surface area contributed by atoms with Crippen molar-refractivity contribution in [3.63, 3.8) is 0 Å². The number of sulfonamides is 1. The Morgan fingerprint density at radius 3 is 2.62 bits per heavy atom. The van der Waals surface area contributed by atoms with E-state index in [1.165, 1.54) is 11.3 Å². The summed E-state index contributed by atoms with van der Waals surface area (Å²) in [4.78, 5) is 14.7. The van der Waals surface area contributed by atoms with Gasteiger partial charge >= 0.3 is 0 Å². The summed E-state index contributed by atoms with van der Waals surface area (Å²) in [6, 6.07) is 8.76. The van der Waals surface area contributed by atoms with Gasteiger partial charge in [-0.15, -0.1) is 11.3 Å². The molecule has 5 nitrogen and oxygen atoms in total. The molecule has 128 valence electrons. The second-order valence-corrected chi connectivity index (χ2v) is 8.91. The van der Waals surface area contributed by atoms with E-state index in [2.05, 4.69) is 4.72 Å². The lowest BCUT2D eigenvalue weighted by molar-refractivity contribution is -0.117. The van der Waals surface area contributed by atoms with Crippen LogP contribution in [-0.2, 0) is 21.2 Å². The molecule has 0 unspecified atom stereocenters. The largest absolute Gasteiger partial charge is 0.312 e. The summed E-state index contributed by atoms with van der Waals surface area (Å²) in [6.07, 6.45) is 2.26. The third-order valence-electron chi connectivity index (χ3n) is 4.06. The Morgan fingerprint density at radius 2 is 2.04 bits per heavy atom. The Kier molecular flexibility index (Phi) is 4.64. The molecule has 1 aliphatic heterocycles. The number of thiophene rings is 1. The number of benzene rings is 1. The van der Waals surface area contributed by atoms with Crippen LogP contribution in [-0.4, -0.2) is 20.9 Å². The highest BCUT2D eigenvalue weighted by molar-refractivity contribution is 7.94. The molecule has 2 heterocycles. The first-order chi connectivity index (χ1) is 11.4. The lowest BCUT2D eigenvalue weighted by atomic mass is 10.1. The number of anilines is 2. The van der Waals surface area contributed by atoms with Gasteiger partial charge in [0.2, 0.25) is 5.91 Å². The summed E-state index contributed by atoms with van der Waals surface area (Å²) < 4.78 is 27.9. The van der Waals surface area contributed by atoms with Gasteiger partial charge in [-0.3, -0.25) is 9.52 Å². The number of carbonyl (C=O) groups is 1. The lowest BCUT2D eigenvalue weighted by Gasteiger charge is -2.19. The Hall–Kier alpha value is -1.86. The van der Waals surface area contributed by atoms with Gasteiger partial charge in [-0.1, -0.05) is 6.92 Å². The molecule has 1 aromatic heterocycles. The Balaban J connectivity index is 1.83. The van der Waals surface area contributed by atoms with Crippen LogP contribution in [0.2, 0.25) is 0 Å². The van der Waals surface area contributed by atoms with Crippen LogP contribution in [0.25, 0.3) is 0 Å². The zero-order chi connectivity index (χ0) is 17.3. The molecule has 24 heavy (non-hydrogen) atoms. The SMILES string of the molecule is CCc1ccc(S(=O)(=O)Nc2ccc(N3CCCC3=O)c(C)c2)s1. The standard InChI is InChI=1S/C17H20N2O3S2/c1-3-14-7-9-17(23-14)24(21,22)18-13-6-8-15(12(2)11-13)19-10-4-5-16(19)20/h6-9,11,18H,3-5,10H2,1-2H3. The number of hydrogen-bond acceptors (Lipinski definition) is 4. The maximum Gasteiger partial charge on any atom is 0.271 e. The van der Waals surface area contributed by atoms with Crippen LogP contribution in [0.5, 0.6) is 0 Å². The van der Waals surface area contributed by atoms with Crippen LogP contribution in [0.3, 0.4) is 0 Å². The molecule has 1 N–H and O–H groups in total. The molecule has 0 saturated carbocycles. The van der Waals surface area contributed by atoms with Crippen LogP contribution in [0, 0.1) is 6.92 Å². The molecule has 0 radical (unpaired) electrons. The van der Waals surface area contributed by atoms with Gasteiger partial charge in [-0.25, -0.2) is 8.42 Å². The van der Waals surface area contributed by atoms with Crippen molar-refractivity contribution in [2.24, 2.45) is 0 Å². The monoisotopic (exact) mass is 364 g/mol. The van der Waals surface area contributed by atoms with Crippen molar-refractivity contribution in [3.8, 4) is 0 Å². The second kappa shape index (κ2) is 6.57. The van der Waals surface area contributed by atoms with Gasteiger partial charge in [-0.05, 0) is 55.7 Å². The van der Waals surface area contributed by atoms with Crippen LogP contribution >= 0.6 is 11.3 Å². The normalized spacial score (nSPS) is 15.1. The highest BCUT2D eigenvalue weighted by Gasteiger charge is 2.23. The molecule has 0 spiro atoms. The van der Waals surface area contributed by atoms with Crippen LogP contribution in [0.4, 0.5) is 11.4 Å². The van der Waals surface area contributed by atoms with Crippen LogP contribution in [0.15, 0.2) is 34.5 Å². The van der Waals surface area contributed by atoms with E-state index in [1.807, 2.05) is 26.0 Å².